The highest BCUT2D eigenvalue weighted by atomic mass is 35.5. The van der Waals surface area contributed by atoms with Gasteiger partial charge in [0.05, 0.1) is 10.0 Å². The number of benzene rings is 1. The summed E-state index contributed by atoms with van der Waals surface area (Å²) in [4.78, 5) is 36.4. The predicted octanol–water partition coefficient (Wildman–Crippen LogP) is 2.53. The average Bonchev–Trinajstić information content (AvgIpc) is 3.33. The third-order valence-corrected chi connectivity index (χ3v) is 5.16. The Balaban J connectivity index is 2.10. The van der Waals surface area contributed by atoms with Crippen molar-refractivity contribution in [3.8, 4) is 0 Å². The van der Waals surface area contributed by atoms with Crippen molar-refractivity contribution in [2.45, 2.75) is 32.2 Å². The minimum absolute atomic E-state index is 0.0667. The molecule has 0 spiro atoms. The highest BCUT2D eigenvalue weighted by Crippen LogP contribution is 2.51. The fourth-order valence-corrected chi connectivity index (χ4v) is 3.26. The molecule has 0 aliphatic heterocycles. The number of nitrogens with zero attached hydrogens (tertiary/aromatic N) is 1. The van der Waals surface area contributed by atoms with Crippen LogP contribution in [0.5, 0.6) is 0 Å². The maximum Gasteiger partial charge on any atom is 0.326 e. The summed E-state index contributed by atoms with van der Waals surface area (Å²) < 4.78 is 0. The van der Waals surface area contributed by atoms with Crippen molar-refractivity contribution in [3.05, 3.63) is 33.8 Å². The number of nitrogens with one attached hydrogen (secondary N) is 1. The summed E-state index contributed by atoms with van der Waals surface area (Å²) in [5.74, 6) is -1.96. The van der Waals surface area contributed by atoms with Gasteiger partial charge in [-0.25, -0.2) is 4.79 Å². The number of hydrogen-bond donors (Lipinski definition) is 2. The van der Waals surface area contributed by atoms with Crippen LogP contribution in [0.3, 0.4) is 0 Å². The van der Waals surface area contributed by atoms with E-state index in [-0.39, 0.29) is 36.7 Å². The van der Waals surface area contributed by atoms with E-state index in [9.17, 15) is 19.5 Å². The van der Waals surface area contributed by atoms with Gasteiger partial charge in [0, 0.05) is 25.9 Å². The van der Waals surface area contributed by atoms with Crippen molar-refractivity contribution in [1.82, 2.24) is 10.2 Å². The fraction of sp³-hybridized carbons (Fsp3) is 0.471. The van der Waals surface area contributed by atoms with Crippen molar-refractivity contribution in [2.24, 2.45) is 5.92 Å². The minimum Gasteiger partial charge on any atom is -0.480 e. The zero-order valence-corrected chi connectivity index (χ0v) is 15.5. The molecule has 1 aromatic carbocycles. The molecule has 2 rings (SSSR count). The van der Waals surface area contributed by atoms with Gasteiger partial charge in [0.2, 0.25) is 11.8 Å². The lowest BCUT2D eigenvalue weighted by Crippen LogP contribution is -2.47. The van der Waals surface area contributed by atoms with Crippen LogP contribution in [0, 0.1) is 5.92 Å². The first kappa shape index (κ1) is 19.5. The molecule has 3 unspecified atom stereocenters. The van der Waals surface area contributed by atoms with Gasteiger partial charge in [-0.2, -0.15) is 0 Å². The second-order valence-corrected chi connectivity index (χ2v) is 6.91. The molecule has 6 nitrogen and oxygen atoms in total. The molecule has 0 bridgehead atoms. The maximum absolute atomic E-state index is 12.8. The lowest BCUT2D eigenvalue weighted by atomic mass is 10.1. The van der Waals surface area contributed by atoms with E-state index in [1.165, 1.54) is 18.7 Å². The van der Waals surface area contributed by atoms with E-state index in [1.807, 2.05) is 6.07 Å². The second kappa shape index (κ2) is 8.06. The zero-order valence-electron chi connectivity index (χ0n) is 14.0. The third kappa shape index (κ3) is 4.64. The number of amides is 2. The Morgan fingerprint density at radius 1 is 1.36 bits per heavy atom. The summed E-state index contributed by atoms with van der Waals surface area (Å²) in [7, 11) is 0. The van der Waals surface area contributed by atoms with Crippen LogP contribution in [0.4, 0.5) is 0 Å². The van der Waals surface area contributed by atoms with Crippen molar-refractivity contribution in [1.29, 1.82) is 0 Å². The molecule has 0 radical (unpaired) electrons. The van der Waals surface area contributed by atoms with Gasteiger partial charge in [-0.3, -0.25) is 9.59 Å². The summed E-state index contributed by atoms with van der Waals surface area (Å²) in [5.41, 5.74) is 0.803. The molecule has 25 heavy (non-hydrogen) atoms. The molecule has 2 amide bonds. The summed E-state index contributed by atoms with van der Waals surface area (Å²) in [6, 6.07) is 4.31. The van der Waals surface area contributed by atoms with Crippen LogP contribution in [0.25, 0.3) is 0 Å². The smallest absolute Gasteiger partial charge is 0.326 e. The monoisotopic (exact) mass is 386 g/mol. The Kier molecular flexibility index (Phi) is 6.30. The molecule has 1 aliphatic rings. The lowest BCUT2D eigenvalue weighted by Gasteiger charge is -2.27. The van der Waals surface area contributed by atoms with E-state index in [4.69, 9.17) is 23.2 Å². The molecule has 0 heterocycles. The fourth-order valence-electron chi connectivity index (χ4n) is 2.81. The number of aliphatic carboxylic acids is 1. The van der Waals surface area contributed by atoms with Crippen LogP contribution < -0.4 is 5.32 Å². The first-order chi connectivity index (χ1) is 11.7. The van der Waals surface area contributed by atoms with E-state index in [1.54, 1.807) is 12.1 Å². The highest BCUT2D eigenvalue weighted by molar-refractivity contribution is 6.42. The van der Waals surface area contributed by atoms with Crippen LogP contribution in [0.2, 0.25) is 10.0 Å². The van der Waals surface area contributed by atoms with Gasteiger partial charge < -0.3 is 15.3 Å². The van der Waals surface area contributed by atoms with E-state index >= 15 is 0 Å². The van der Waals surface area contributed by atoms with Crippen molar-refractivity contribution in [3.63, 3.8) is 0 Å². The van der Waals surface area contributed by atoms with E-state index in [2.05, 4.69) is 5.32 Å². The van der Waals surface area contributed by atoms with Gasteiger partial charge in [0.25, 0.3) is 0 Å². The molecule has 8 heteroatoms. The Morgan fingerprint density at radius 2 is 2.04 bits per heavy atom. The van der Waals surface area contributed by atoms with Gasteiger partial charge >= 0.3 is 5.97 Å². The summed E-state index contributed by atoms with van der Waals surface area (Å²) in [6.07, 6.45) is 0.599. The quantitative estimate of drug-likeness (QED) is 0.753. The third-order valence-electron chi connectivity index (χ3n) is 4.32. The Labute approximate surface area is 156 Å². The van der Waals surface area contributed by atoms with Crippen molar-refractivity contribution in [2.75, 3.05) is 13.1 Å². The van der Waals surface area contributed by atoms with E-state index in [0.717, 1.165) is 5.56 Å². The van der Waals surface area contributed by atoms with Crippen LogP contribution in [-0.2, 0) is 14.4 Å². The Bertz CT molecular complexity index is 695. The van der Waals surface area contributed by atoms with Crippen LogP contribution >= 0.6 is 23.2 Å². The molecule has 1 aromatic rings. The number of carboxylic acid groups (broad SMARTS) is 1. The Morgan fingerprint density at radius 3 is 2.64 bits per heavy atom. The number of hydrogen-bond acceptors (Lipinski definition) is 3. The SMILES string of the molecule is CC(=O)NCCN(C(=O)C1CC1c1cccc(Cl)c1Cl)C(C)C(=O)O. The summed E-state index contributed by atoms with van der Waals surface area (Å²) >= 11 is 12.2. The van der Waals surface area contributed by atoms with Crippen molar-refractivity contribution < 1.29 is 19.5 Å². The first-order valence-electron chi connectivity index (χ1n) is 7.95. The number of halogens is 2. The normalized spacial score (nSPS) is 19.8. The maximum atomic E-state index is 12.8. The lowest BCUT2D eigenvalue weighted by molar-refractivity contribution is -0.150. The molecule has 1 fully saturated rings. The molecule has 0 aromatic heterocycles. The second-order valence-electron chi connectivity index (χ2n) is 6.12. The van der Waals surface area contributed by atoms with Crippen LogP contribution in [0.1, 0.15) is 31.7 Å². The van der Waals surface area contributed by atoms with Gasteiger partial charge in [-0.15, -0.1) is 0 Å². The van der Waals surface area contributed by atoms with Gasteiger partial charge in [-0.05, 0) is 30.9 Å². The van der Waals surface area contributed by atoms with Crippen LogP contribution in [-0.4, -0.2) is 46.9 Å². The predicted molar refractivity (Wildman–Crippen MR) is 94.8 cm³/mol. The van der Waals surface area contributed by atoms with Gasteiger partial charge in [-0.1, -0.05) is 35.3 Å². The van der Waals surface area contributed by atoms with Crippen LogP contribution in [0.15, 0.2) is 18.2 Å². The molecule has 136 valence electrons. The number of carboxylic acids is 1. The van der Waals surface area contributed by atoms with Gasteiger partial charge in [0.1, 0.15) is 6.04 Å². The highest BCUT2D eigenvalue weighted by Gasteiger charge is 2.48. The minimum atomic E-state index is -1.09. The molecule has 0 saturated heterocycles. The Hall–Kier alpha value is -1.79. The first-order valence-corrected chi connectivity index (χ1v) is 8.71. The van der Waals surface area contributed by atoms with Gasteiger partial charge in [0.15, 0.2) is 0 Å². The number of rotatable bonds is 7. The molecule has 2 N–H and O–H groups in total. The molecule has 1 saturated carbocycles. The standard InChI is InChI=1S/C17H20Cl2N2O4/c1-9(17(24)25)21(7-6-20-10(2)22)16(23)13-8-12(13)11-4-3-5-14(18)15(11)19/h3-5,9,12-13H,6-8H2,1-2H3,(H,20,22)(H,24,25). The topological polar surface area (TPSA) is 86.7 Å². The van der Waals surface area contributed by atoms with Crippen molar-refractivity contribution >= 4 is 41.0 Å². The summed E-state index contributed by atoms with van der Waals surface area (Å²) in [5, 5.41) is 12.7. The number of carbonyl (C=O) groups excluding carboxylic acids is 2. The van der Waals surface area contributed by atoms with E-state index in [0.29, 0.717) is 16.5 Å². The van der Waals surface area contributed by atoms with E-state index < -0.39 is 12.0 Å². The molecule has 1 aliphatic carbocycles. The molecule has 3 atom stereocenters. The molecular formula is C17H20Cl2N2O4. The summed E-state index contributed by atoms with van der Waals surface area (Å²) in [6.45, 7) is 3.16. The molecular weight excluding hydrogens is 367 g/mol. The largest absolute Gasteiger partial charge is 0.480 e. The average molecular weight is 387 g/mol. The zero-order chi connectivity index (χ0) is 18.7. The number of carbonyl (C=O) groups is 3.